The molecule has 0 spiro atoms. The summed E-state index contributed by atoms with van der Waals surface area (Å²) >= 11 is 0. The molecule has 0 unspecified atom stereocenters. The van der Waals surface area contributed by atoms with Gasteiger partial charge < -0.3 is 5.73 Å². The highest BCUT2D eigenvalue weighted by molar-refractivity contribution is 4.96. The van der Waals surface area contributed by atoms with Gasteiger partial charge in [0.1, 0.15) is 0 Å². The molecule has 0 saturated carbocycles. The van der Waals surface area contributed by atoms with Crippen LogP contribution >= 0.6 is 0 Å². The van der Waals surface area contributed by atoms with E-state index in [1.807, 2.05) is 0 Å². The molecule has 0 aliphatic carbocycles. The summed E-state index contributed by atoms with van der Waals surface area (Å²) in [6, 6.07) is 2.03. The summed E-state index contributed by atoms with van der Waals surface area (Å²) < 4.78 is 0. The van der Waals surface area contributed by atoms with Crippen molar-refractivity contribution in [3.05, 3.63) is 0 Å². The van der Waals surface area contributed by atoms with E-state index in [1.54, 1.807) is 0 Å². The molecule has 2 aliphatic heterocycles. The number of hydrogen-bond donors (Lipinski definition) is 1. The van der Waals surface area contributed by atoms with E-state index in [0.717, 1.165) is 6.04 Å². The van der Waals surface area contributed by atoms with E-state index < -0.39 is 0 Å². The Balaban J connectivity index is 2.13. The highest BCUT2D eigenvalue weighted by atomic mass is 15.2. The van der Waals surface area contributed by atoms with Crippen LogP contribution in [0.15, 0.2) is 0 Å². The SMILES string of the molecule is CN1[C@H]2CC[C@@H]1[C@@H](N)CC2. The molecule has 0 aromatic heterocycles. The number of hydrogen-bond acceptors (Lipinski definition) is 2. The first-order valence-corrected chi connectivity index (χ1v) is 4.26. The molecule has 2 nitrogen and oxygen atoms in total. The van der Waals surface area contributed by atoms with E-state index in [2.05, 4.69) is 11.9 Å². The van der Waals surface area contributed by atoms with Crippen molar-refractivity contribution in [2.45, 2.75) is 43.8 Å². The Kier molecular flexibility index (Phi) is 1.46. The van der Waals surface area contributed by atoms with Crippen LogP contribution in [0.4, 0.5) is 0 Å². The van der Waals surface area contributed by atoms with E-state index in [4.69, 9.17) is 5.73 Å². The van der Waals surface area contributed by atoms with Gasteiger partial charge in [-0.2, -0.15) is 0 Å². The second-order valence-corrected chi connectivity index (χ2v) is 3.71. The van der Waals surface area contributed by atoms with Crippen molar-refractivity contribution < 1.29 is 0 Å². The quantitative estimate of drug-likeness (QED) is 0.533. The fraction of sp³-hybridized carbons (Fsp3) is 1.00. The molecule has 2 N–H and O–H groups in total. The number of piperidine rings is 1. The average molecular weight is 140 g/mol. The third-order valence-electron chi connectivity index (χ3n) is 3.22. The normalized spacial score (nSPS) is 48.0. The van der Waals surface area contributed by atoms with Crippen molar-refractivity contribution in [2.75, 3.05) is 7.05 Å². The van der Waals surface area contributed by atoms with Crippen LogP contribution in [0.1, 0.15) is 25.7 Å². The van der Waals surface area contributed by atoms with Crippen LogP contribution in [0.25, 0.3) is 0 Å². The first-order chi connectivity index (χ1) is 4.79. The van der Waals surface area contributed by atoms with E-state index in [-0.39, 0.29) is 0 Å². The lowest BCUT2D eigenvalue weighted by molar-refractivity contribution is 0.158. The lowest BCUT2D eigenvalue weighted by Crippen LogP contribution is -2.48. The molecule has 58 valence electrons. The van der Waals surface area contributed by atoms with Gasteiger partial charge in [0, 0.05) is 18.1 Å². The average Bonchev–Trinajstić information content (AvgIpc) is 2.13. The number of likely N-dealkylation sites (N-methyl/N-ethyl adjacent to an activating group) is 1. The molecule has 0 aromatic rings. The topological polar surface area (TPSA) is 29.3 Å². The van der Waals surface area contributed by atoms with Crippen LogP contribution in [-0.2, 0) is 0 Å². The van der Waals surface area contributed by atoms with Crippen LogP contribution < -0.4 is 5.73 Å². The van der Waals surface area contributed by atoms with Gasteiger partial charge in [0.05, 0.1) is 0 Å². The predicted octanol–water partition coefficient (Wildman–Crippen LogP) is 0.570. The van der Waals surface area contributed by atoms with Gasteiger partial charge in [-0.15, -0.1) is 0 Å². The Bertz CT molecular complexity index is 135. The van der Waals surface area contributed by atoms with E-state index in [0.29, 0.717) is 12.1 Å². The second kappa shape index (κ2) is 2.21. The Morgan fingerprint density at radius 3 is 2.60 bits per heavy atom. The Labute approximate surface area is 62.4 Å². The first kappa shape index (κ1) is 6.62. The van der Waals surface area contributed by atoms with Crippen LogP contribution in [-0.4, -0.2) is 30.1 Å². The van der Waals surface area contributed by atoms with Crippen molar-refractivity contribution in [2.24, 2.45) is 5.73 Å². The number of fused-ring (bicyclic) bond motifs is 2. The van der Waals surface area contributed by atoms with Crippen molar-refractivity contribution in [1.82, 2.24) is 4.90 Å². The van der Waals surface area contributed by atoms with Crippen LogP contribution in [0.5, 0.6) is 0 Å². The minimum atomic E-state index is 0.462. The van der Waals surface area contributed by atoms with Crippen molar-refractivity contribution >= 4 is 0 Å². The summed E-state index contributed by atoms with van der Waals surface area (Å²) in [6.45, 7) is 0. The van der Waals surface area contributed by atoms with E-state index in [1.165, 1.54) is 25.7 Å². The predicted molar refractivity (Wildman–Crippen MR) is 41.8 cm³/mol. The molecule has 2 saturated heterocycles. The molecule has 2 fully saturated rings. The summed E-state index contributed by atoms with van der Waals surface area (Å²) in [7, 11) is 2.22. The lowest BCUT2D eigenvalue weighted by Gasteiger charge is -2.35. The highest BCUT2D eigenvalue weighted by Gasteiger charge is 2.37. The third kappa shape index (κ3) is 0.789. The van der Waals surface area contributed by atoms with Crippen LogP contribution in [0.2, 0.25) is 0 Å². The smallest absolute Gasteiger partial charge is 0.0247 e. The Morgan fingerprint density at radius 1 is 1.20 bits per heavy atom. The van der Waals surface area contributed by atoms with Gasteiger partial charge in [-0.25, -0.2) is 0 Å². The van der Waals surface area contributed by atoms with Gasteiger partial charge in [-0.1, -0.05) is 0 Å². The maximum absolute atomic E-state index is 5.96. The van der Waals surface area contributed by atoms with Gasteiger partial charge >= 0.3 is 0 Å². The van der Waals surface area contributed by atoms with Gasteiger partial charge in [0.25, 0.3) is 0 Å². The molecule has 10 heavy (non-hydrogen) atoms. The fourth-order valence-electron chi connectivity index (χ4n) is 2.48. The summed E-state index contributed by atoms with van der Waals surface area (Å²) in [6.07, 6.45) is 5.30. The zero-order chi connectivity index (χ0) is 7.14. The molecule has 0 radical (unpaired) electrons. The highest BCUT2D eigenvalue weighted by Crippen LogP contribution is 2.32. The van der Waals surface area contributed by atoms with Gasteiger partial charge in [0.2, 0.25) is 0 Å². The maximum Gasteiger partial charge on any atom is 0.0247 e. The molecular formula is C8H16N2. The zero-order valence-corrected chi connectivity index (χ0v) is 6.59. The van der Waals surface area contributed by atoms with E-state index >= 15 is 0 Å². The molecule has 2 heterocycles. The monoisotopic (exact) mass is 140 g/mol. The Hall–Kier alpha value is -0.0800. The van der Waals surface area contributed by atoms with Crippen LogP contribution in [0, 0.1) is 0 Å². The van der Waals surface area contributed by atoms with E-state index in [9.17, 15) is 0 Å². The minimum absolute atomic E-state index is 0.462. The van der Waals surface area contributed by atoms with Crippen molar-refractivity contribution in [3.8, 4) is 0 Å². The second-order valence-electron chi connectivity index (χ2n) is 3.71. The minimum Gasteiger partial charge on any atom is -0.326 e. The first-order valence-electron chi connectivity index (χ1n) is 4.26. The molecule has 0 aromatic carbocycles. The largest absolute Gasteiger partial charge is 0.326 e. The molecule has 3 atom stereocenters. The van der Waals surface area contributed by atoms with Gasteiger partial charge in [0.15, 0.2) is 0 Å². The number of nitrogens with zero attached hydrogens (tertiary/aromatic N) is 1. The zero-order valence-electron chi connectivity index (χ0n) is 6.59. The summed E-state index contributed by atoms with van der Waals surface area (Å²) in [5.74, 6) is 0. The molecule has 2 aliphatic rings. The summed E-state index contributed by atoms with van der Waals surface area (Å²) in [4.78, 5) is 2.48. The van der Waals surface area contributed by atoms with Crippen LogP contribution in [0.3, 0.4) is 0 Å². The maximum atomic E-state index is 5.96. The molecule has 0 amide bonds. The molecule has 2 heteroatoms. The lowest BCUT2D eigenvalue weighted by atomic mass is 9.99. The molecule has 2 bridgehead atoms. The summed E-state index contributed by atoms with van der Waals surface area (Å²) in [5, 5.41) is 0. The number of nitrogens with two attached hydrogens (primary N) is 1. The Morgan fingerprint density at radius 2 is 1.90 bits per heavy atom. The van der Waals surface area contributed by atoms with Crippen molar-refractivity contribution in [1.29, 1.82) is 0 Å². The summed E-state index contributed by atoms with van der Waals surface area (Å²) in [5.41, 5.74) is 5.96. The fourth-order valence-corrected chi connectivity index (χ4v) is 2.48. The van der Waals surface area contributed by atoms with Crippen molar-refractivity contribution in [3.63, 3.8) is 0 Å². The van der Waals surface area contributed by atoms with Gasteiger partial charge in [-0.3, -0.25) is 4.90 Å². The molecular weight excluding hydrogens is 124 g/mol. The number of rotatable bonds is 0. The third-order valence-corrected chi connectivity index (χ3v) is 3.22. The van der Waals surface area contributed by atoms with Gasteiger partial charge in [-0.05, 0) is 32.7 Å². The molecule has 2 rings (SSSR count). The standard InChI is InChI=1S/C8H16N2/c1-10-6-2-4-7(9)8(10)5-3-6/h6-8H,2-5,9H2,1H3/t6-,7+,8-/m1/s1.